The lowest BCUT2D eigenvalue weighted by Gasteiger charge is -2.23. The molecule has 1 rings (SSSR count). The van der Waals surface area contributed by atoms with E-state index in [0.717, 1.165) is 5.56 Å². The van der Waals surface area contributed by atoms with Crippen molar-refractivity contribution in [3.8, 4) is 0 Å². The second-order valence-corrected chi connectivity index (χ2v) is 4.72. The Balaban J connectivity index is 2.55. The van der Waals surface area contributed by atoms with E-state index >= 15 is 0 Å². The Labute approximate surface area is 120 Å². The van der Waals surface area contributed by atoms with Gasteiger partial charge in [0.25, 0.3) is 0 Å². The summed E-state index contributed by atoms with van der Waals surface area (Å²) in [5, 5.41) is 2.73. The van der Waals surface area contributed by atoms with Crippen LogP contribution in [0.15, 0.2) is 24.3 Å². The van der Waals surface area contributed by atoms with E-state index in [1.807, 2.05) is 26.0 Å². The van der Waals surface area contributed by atoms with Gasteiger partial charge < -0.3 is 16.0 Å². The molecule has 2 amide bonds. The Morgan fingerprint density at radius 2 is 1.95 bits per heavy atom. The van der Waals surface area contributed by atoms with Crippen LogP contribution < -0.4 is 11.1 Å². The first-order valence-corrected chi connectivity index (χ1v) is 6.90. The quantitative estimate of drug-likeness (QED) is 0.767. The maximum Gasteiger partial charge on any atom is 0.244 e. The zero-order valence-corrected chi connectivity index (χ0v) is 12.3. The third-order valence-corrected chi connectivity index (χ3v) is 3.14. The van der Waals surface area contributed by atoms with Crippen LogP contribution in [0.4, 0.5) is 5.69 Å². The summed E-state index contributed by atoms with van der Waals surface area (Å²) in [4.78, 5) is 25.7. The minimum atomic E-state index is -0.511. The Morgan fingerprint density at radius 3 is 2.50 bits per heavy atom. The number of rotatable bonds is 6. The highest BCUT2D eigenvalue weighted by Gasteiger charge is 2.19. The predicted molar refractivity (Wildman–Crippen MR) is 80.1 cm³/mol. The van der Waals surface area contributed by atoms with E-state index in [4.69, 9.17) is 5.73 Å². The molecule has 0 fully saturated rings. The second-order valence-electron chi connectivity index (χ2n) is 4.72. The molecule has 110 valence electrons. The van der Waals surface area contributed by atoms with Crippen LogP contribution in [0.5, 0.6) is 0 Å². The summed E-state index contributed by atoms with van der Waals surface area (Å²) in [6.07, 6.45) is 0.223. The van der Waals surface area contributed by atoms with Crippen LogP contribution in [0.3, 0.4) is 0 Å². The average Bonchev–Trinajstić information content (AvgIpc) is 2.39. The Hall–Kier alpha value is -2.04. The first-order valence-electron chi connectivity index (χ1n) is 6.90. The highest BCUT2D eigenvalue weighted by atomic mass is 16.2. The number of likely N-dealkylation sites (N-methyl/N-ethyl adjacent to an activating group) is 1. The van der Waals surface area contributed by atoms with E-state index in [1.165, 1.54) is 0 Å². The molecule has 0 heterocycles. The number of anilines is 1. The van der Waals surface area contributed by atoms with E-state index in [2.05, 4.69) is 5.32 Å². The number of hydrogen-bond donors (Lipinski definition) is 2. The van der Waals surface area contributed by atoms with Gasteiger partial charge in [0.2, 0.25) is 11.8 Å². The molecule has 5 heteroatoms. The number of carbonyl (C=O) groups excluding carboxylic acids is 2. The molecule has 0 spiro atoms. The molecule has 5 nitrogen and oxygen atoms in total. The lowest BCUT2D eigenvalue weighted by atomic mass is 10.1. The van der Waals surface area contributed by atoms with Crippen LogP contribution in [-0.2, 0) is 16.0 Å². The summed E-state index contributed by atoms with van der Waals surface area (Å²) >= 11 is 0. The number of benzene rings is 1. The van der Waals surface area contributed by atoms with Crippen LogP contribution in [0.2, 0.25) is 0 Å². The van der Waals surface area contributed by atoms with Crippen molar-refractivity contribution < 1.29 is 9.59 Å². The van der Waals surface area contributed by atoms with Crippen molar-refractivity contribution in [2.75, 3.05) is 18.8 Å². The van der Waals surface area contributed by atoms with Crippen molar-refractivity contribution in [1.82, 2.24) is 10.2 Å². The molecule has 0 radical (unpaired) electrons. The standard InChI is InChI=1S/C15H23N3O2/c1-4-18(5-2)15(20)11(3)17-14(19)10-12-7-6-8-13(16)9-12/h6-9,11H,4-5,10,16H2,1-3H3,(H,17,19). The molecule has 0 saturated carbocycles. The van der Waals surface area contributed by atoms with E-state index in [1.54, 1.807) is 24.0 Å². The third kappa shape index (κ3) is 4.57. The fourth-order valence-electron chi connectivity index (χ4n) is 2.05. The molecule has 1 atom stereocenters. The number of nitrogens with two attached hydrogens (primary N) is 1. The van der Waals surface area contributed by atoms with Gasteiger partial charge in [0.15, 0.2) is 0 Å². The van der Waals surface area contributed by atoms with Gasteiger partial charge in [0.1, 0.15) is 6.04 Å². The van der Waals surface area contributed by atoms with E-state index in [-0.39, 0.29) is 18.2 Å². The van der Waals surface area contributed by atoms with Gasteiger partial charge in [-0.25, -0.2) is 0 Å². The second kappa shape index (κ2) is 7.53. The van der Waals surface area contributed by atoms with Gasteiger partial charge in [0, 0.05) is 18.8 Å². The van der Waals surface area contributed by atoms with Crippen LogP contribution in [0.1, 0.15) is 26.3 Å². The molecule has 3 N–H and O–H groups in total. The van der Waals surface area contributed by atoms with Gasteiger partial charge in [-0.15, -0.1) is 0 Å². The SMILES string of the molecule is CCN(CC)C(=O)C(C)NC(=O)Cc1cccc(N)c1. The smallest absolute Gasteiger partial charge is 0.244 e. The van der Waals surface area contributed by atoms with Crippen molar-refractivity contribution in [3.05, 3.63) is 29.8 Å². The number of amides is 2. The topological polar surface area (TPSA) is 75.4 Å². The largest absolute Gasteiger partial charge is 0.399 e. The molecular weight excluding hydrogens is 254 g/mol. The van der Waals surface area contributed by atoms with Crippen molar-refractivity contribution in [2.45, 2.75) is 33.2 Å². The van der Waals surface area contributed by atoms with Crippen LogP contribution in [0, 0.1) is 0 Å². The summed E-state index contributed by atoms with van der Waals surface area (Å²) < 4.78 is 0. The third-order valence-electron chi connectivity index (χ3n) is 3.14. The lowest BCUT2D eigenvalue weighted by Crippen LogP contribution is -2.47. The molecule has 0 aliphatic carbocycles. The Bertz CT molecular complexity index is 470. The van der Waals surface area contributed by atoms with Gasteiger partial charge in [-0.05, 0) is 38.5 Å². The van der Waals surface area contributed by atoms with E-state index in [9.17, 15) is 9.59 Å². The highest BCUT2D eigenvalue weighted by molar-refractivity contribution is 5.88. The highest BCUT2D eigenvalue weighted by Crippen LogP contribution is 2.07. The predicted octanol–water partition coefficient (Wildman–Crippen LogP) is 1.18. The molecule has 0 saturated heterocycles. The van der Waals surface area contributed by atoms with Crippen molar-refractivity contribution in [1.29, 1.82) is 0 Å². The minimum Gasteiger partial charge on any atom is -0.399 e. The van der Waals surface area contributed by atoms with Gasteiger partial charge in [-0.1, -0.05) is 12.1 Å². The molecule has 0 bridgehead atoms. The fourth-order valence-corrected chi connectivity index (χ4v) is 2.05. The normalized spacial score (nSPS) is 11.8. The van der Waals surface area contributed by atoms with Crippen LogP contribution in [0.25, 0.3) is 0 Å². The van der Waals surface area contributed by atoms with Crippen molar-refractivity contribution in [2.24, 2.45) is 0 Å². The van der Waals surface area contributed by atoms with Crippen molar-refractivity contribution >= 4 is 17.5 Å². The summed E-state index contributed by atoms with van der Waals surface area (Å²) in [6.45, 7) is 6.83. The molecule has 0 aromatic heterocycles. The van der Waals surface area contributed by atoms with E-state index in [0.29, 0.717) is 18.8 Å². The number of hydrogen-bond acceptors (Lipinski definition) is 3. The van der Waals surface area contributed by atoms with Gasteiger partial charge in [-0.3, -0.25) is 9.59 Å². The van der Waals surface area contributed by atoms with Gasteiger partial charge >= 0.3 is 0 Å². The number of nitrogens with one attached hydrogen (secondary N) is 1. The minimum absolute atomic E-state index is 0.0593. The van der Waals surface area contributed by atoms with Gasteiger partial charge in [-0.2, -0.15) is 0 Å². The fraction of sp³-hybridized carbons (Fsp3) is 0.467. The van der Waals surface area contributed by atoms with Gasteiger partial charge in [0.05, 0.1) is 6.42 Å². The zero-order chi connectivity index (χ0) is 15.1. The maximum atomic E-state index is 12.0. The molecule has 1 unspecified atom stereocenters. The van der Waals surface area contributed by atoms with E-state index < -0.39 is 6.04 Å². The Kier molecular flexibility index (Phi) is 6.03. The summed E-state index contributed by atoms with van der Waals surface area (Å²) in [7, 11) is 0. The van der Waals surface area contributed by atoms with Crippen LogP contribution >= 0.6 is 0 Å². The Morgan fingerprint density at radius 1 is 1.30 bits per heavy atom. The number of carbonyl (C=O) groups is 2. The average molecular weight is 277 g/mol. The first kappa shape index (κ1) is 16.0. The summed E-state index contributed by atoms with van der Waals surface area (Å²) in [6, 6.07) is 6.67. The molecule has 0 aliphatic heterocycles. The van der Waals surface area contributed by atoms with Crippen LogP contribution in [-0.4, -0.2) is 35.8 Å². The monoisotopic (exact) mass is 277 g/mol. The molecular formula is C15H23N3O2. The number of nitrogens with zero attached hydrogens (tertiary/aromatic N) is 1. The molecule has 20 heavy (non-hydrogen) atoms. The molecule has 1 aromatic rings. The first-order chi connectivity index (χ1) is 9.47. The molecule has 0 aliphatic rings. The zero-order valence-electron chi connectivity index (χ0n) is 12.3. The number of nitrogen functional groups attached to an aromatic ring is 1. The summed E-state index contributed by atoms with van der Waals surface area (Å²) in [5.74, 6) is -0.237. The lowest BCUT2D eigenvalue weighted by molar-refractivity contribution is -0.135. The van der Waals surface area contributed by atoms with Crippen molar-refractivity contribution in [3.63, 3.8) is 0 Å². The maximum absolute atomic E-state index is 12.0. The molecule has 1 aromatic carbocycles. The summed E-state index contributed by atoms with van der Waals surface area (Å²) in [5.41, 5.74) is 7.13.